The van der Waals surface area contributed by atoms with Crippen molar-refractivity contribution >= 4 is 11.8 Å². The highest BCUT2D eigenvalue weighted by Gasteiger charge is 2.34. The summed E-state index contributed by atoms with van der Waals surface area (Å²) in [5.74, 6) is 1.37. The molecule has 0 radical (unpaired) electrons. The molecule has 90 valence electrons. The number of carbonyl (C=O) groups excluding carboxylic acids is 2. The third-order valence-corrected chi connectivity index (χ3v) is 3.67. The van der Waals surface area contributed by atoms with Crippen LogP contribution in [0.1, 0.15) is 33.1 Å². The molecule has 0 aromatic heterocycles. The summed E-state index contributed by atoms with van der Waals surface area (Å²) in [4.78, 5) is 24.9. The third-order valence-electron chi connectivity index (χ3n) is 3.67. The molecule has 1 saturated heterocycles. The molecule has 1 aliphatic heterocycles. The molecule has 0 spiro atoms. The molecule has 2 unspecified atom stereocenters. The van der Waals surface area contributed by atoms with E-state index in [1.54, 1.807) is 4.90 Å². The number of carbonyl (C=O) groups is 2. The van der Waals surface area contributed by atoms with Crippen LogP contribution < -0.4 is 5.32 Å². The summed E-state index contributed by atoms with van der Waals surface area (Å²) in [5, 5.41) is 2.59. The molecule has 2 amide bonds. The van der Waals surface area contributed by atoms with Gasteiger partial charge in [-0.3, -0.25) is 9.59 Å². The molecule has 2 atom stereocenters. The van der Waals surface area contributed by atoms with Gasteiger partial charge in [0.25, 0.3) is 0 Å². The summed E-state index contributed by atoms with van der Waals surface area (Å²) in [6, 6.07) is 0.275. The largest absolute Gasteiger partial charge is 0.345 e. The van der Waals surface area contributed by atoms with Crippen molar-refractivity contribution in [3.63, 3.8) is 0 Å². The zero-order valence-corrected chi connectivity index (χ0v) is 10.0. The van der Waals surface area contributed by atoms with E-state index in [4.69, 9.17) is 0 Å². The van der Waals surface area contributed by atoms with Gasteiger partial charge in [-0.05, 0) is 31.1 Å². The van der Waals surface area contributed by atoms with E-state index in [1.165, 1.54) is 6.42 Å². The van der Waals surface area contributed by atoms with E-state index in [2.05, 4.69) is 19.2 Å². The predicted octanol–water partition coefficient (Wildman–Crippen LogP) is 0.770. The third kappa shape index (κ3) is 2.36. The van der Waals surface area contributed by atoms with Crippen LogP contribution in [-0.4, -0.2) is 35.8 Å². The van der Waals surface area contributed by atoms with Crippen LogP contribution >= 0.6 is 0 Å². The normalized spacial score (nSPS) is 36.1. The SMILES string of the molecule is CC1CC(C)CC(N2CC(=O)NCC2=O)C1. The maximum Gasteiger partial charge on any atom is 0.242 e. The molecule has 0 aromatic carbocycles. The highest BCUT2D eigenvalue weighted by atomic mass is 16.2. The Balaban J connectivity index is 2.04. The van der Waals surface area contributed by atoms with Crippen LogP contribution in [0.15, 0.2) is 0 Å². The lowest BCUT2D eigenvalue weighted by atomic mass is 9.79. The first-order chi connectivity index (χ1) is 7.56. The van der Waals surface area contributed by atoms with Gasteiger partial charge in [0.1, 0.15) is 0 Å². The van der Waals surface area contributed by atoms with Gasteiger partial charge >= 0.3 is 0 Å². The fourth-order valence-electron chi connectivity index (χ4n) is 3.07. The van der Waals surface area contributed by atoms with E-state index in [-0.39, 0.29) is 30.9 Å². The zero-order valence-electron chi connectivity index (χ0n) is 10.0. The summed E-state index contributed by atoms with van der Waals surface area (Å²) in [7, 11) is 0. The van der Waals surface area contributed by atoms with Crippen molar-refractivity contribution in [3.05, 3.63) is 0 Å². The van der Waals surface area contributed by atoms with Crippen LogP contribution in [0, 0.1) is 11.8 Å². The highest BCUT2D eigenvalue weighted by Crippen LogP contribution is 2.31. The standard InChI is InChI=1S/C12H20N2O2/c1-8-3-9(2)5-10(4-8)14-7-11(15)13-6-12(14)16/h8-10H,3-7H2,1-2H3,(H,13,15). The van der Waals surface area contributed by atoms with Gasteiger partial charge < -0.3 is 10.2 Å². The molecular formula is C12H20N2O2. The van der Waals surface area contributed by atoms with E-state index in [0.29, 0.717) is 11.8 Å². The fourth-order valence-corrected chi connectivity index (χ4v) is 3.07. The summed E-state index contributed by atoms with van der Waals surface area (Å²) in [6.07, 6.45) is 3.33. The minimum atomic E-state index is -0.0227. The Morgan fingerprint density at radius 3 is 2.38 bits per heavy atom. The Labute approximate surface area is 96.4 Å². The molecule has 0 bridgehead atoms. The molecule has 4 nitrogen and oxygen atoms in total. The Bertz CT molecular complexity index is 293. The fraction of sp³-hybridized carbons (Fsp3) is 0.833. The van der Waals surface area contributed by atoms with Crippen LogP contribution in [-0.2, 0) is 9.59 Å². The lowest BCUT2D eigenvalue weighted by molar-refractivity contribution is -0.144. The van der Waals surface area contributed by atoms with Crippen LogP contribution in [0.4, 0.5) is 0 Å². The van der Waals surface area contributed by atoms with Crippen molar-refractivity contribution in [2.24, 2.45) is 11.8 Å². The highest BCUT2D eigenvalue weighted by molar-refractivity contribution is 5.92. The minimum Gasteiger partial charge on any atom is -0.345 e. The van der Waals surface area contributed by atoms with Gasteiger partial charge in [0.2, 0.25) is 11.8 Å². The monoisotopic (exact) mass is 224 g/mol. The molecule has 4 heteroatoms. The van der Waals surface area contributed by atoms with Gasteiger partial charge in [0, 0.05) is 6.04 Å². The predicted molar refractivity (Wildman–Crippen MR) is 60.7 cm³/mol. The van der Waals surface area contributed by atoms with Crippen LogP contribution in [0.25, 0.3) is 0 Å². The summed E-state index contributed by atoms with van der Waals surface area (Å²) in [5.41, 5.74) is 0. The second kappa shape index (κ2) is 4.44. The summed E-state index contributed by atoms with van der Waals surface area (Å²) < 4.78 is 0. The topological polar surface area (TPSA) is 49.4 Å². The molecule has 1 heterocycles. The maximum atomic E-state index is 11.8. The number of rotatable bonds is 1. The van der Waals surface area contributed by atoms with E-state index >= 15 is 0 Å². The number of hydrogen-bond donors (Lipinski definition) is 1. The van der Waals surface area contributed by atoms with Gasteiger partial charge in [-0.25, -0.2) is 0 Å². The zero-order chi connectivity index (χ0) is 11.7. The average molecular weight is 224 g/mol. The molecule has 2 aliphatic rings. The van der Waals surface area contributed by atoms with Crippen molar-refractivity contribution in [2.75, 3.05) is 13.1 Å². The summed E-state index contributed by atoms with van der Waals surface area (Å²) >= 11 is 0. The second-order valence-corrected chi connectivity index (χ2v) is 5.37. The van der Waals surface area contributed by atoms with Gasteiger partial charge in [-0.1, -0.05) is 13.8 Å². The van der Waals surface area contributed by atoms with E-state index in [9.17, 15) is 9.59 Å². The minimum absolute atomic E-state index is 0.0227. The quantitative estimate of drug-likeness (QED) is 0.715. The average Bonchev–Trinajstić information content (AvgIpc) is 2.20. The first kappa shape index (κ1) is 11.4. The number of piperazine rings is 1. The second-order valence-electron chi connectivity index (χ2n) is 5.37. The molecule has 2 rings (SSSR count). The Kier molecular flexibility index (Phi) is 3.17. The summed E-state index contributed by atoms with van der Waals surface area (Å²) in [6.45, 7) is 4.90. The molecule has 2 fully saturated rings. The van der Waals surface area contributed by atoms with E-state index < -0.39 is 0 Å². The van der Waals surface area contributed by atoms with Crippen LogP contribution in [0.3, 0.4) is 0 Å². The van der Waals surface area contributed by atoms with Gasteiger partial charge in [0.05, 0.1) is 13.1 Å². The van der Waals surface area contributed by atoms with E-state index in [1.807, 2.05) is 0 Å². The molecule has 1 saturated carbocycles. The van der Waals surface area contributed by atoms with E-state index in [0.717, 1.165) is 12.8 Å². The van der Waals surface area contributed by atoms with Crippen molar-refractivity contribution in [1.82, 2.24) is 10.2 Å². The number of nitrogens with zero attached hydrogens (tertiary/aromatic N) is 1. The first-order valence-electron chi connectivity index (χ1n) is 6.12. The molecule has 0 aromatic rings. The van der Waals surface area contributed by atoms with Crippen molar-refractivity contribution in [1.29, 1.82) is 0 Å². The lowest BCUT2D eigenvalue weighted by Crippen LogP contribution is -2.56. The van der Waals surface area contributed by atoms with Crippen LogP contribution in [0.2, 0.25) is 0 Å². The molecule has 1 aliphatic carbocycles. The van der Waals surface area contributed by atoms with Crippen molar-refractivity contribution in [2.45, 2.75) is 39.2 Å². The smallest absolute Gasteiger partial charge is 0.242 e. The molecule has 1 N–H and O–H groups in total. The molecular weight excluding hydrogens is 204 g/mol. The number of hydrogen-bond acceptors (Lipinski definition) is 2. The Morgan fingerprint density at radius 2 is 1.75 bits per heavy atom. The Hall–Kier alpha value is -1.06. The van der Waals surface area contributed by atoms with Gasteiger partial charge in [0.15, 0.2) is 0 Å². The maximum absolute atomic E-state index is 11.8. The Morgan fingerprint density at radius 1 is 1.12 bits per heavy atom. The van der Waals surface area contributed by atoms with Crippen molar-refractivity contribution in [3.8, 4) is 0 Å². The lowest BCUT2D eigenvalue weighted by Gasteiger charge is -2.40. The van der Waals surface area contributed by atoms with Crippen molar-refractivity contribution < 1.29 is 9.59 Å². The van der Waals surface area contributed by atoms with Gasteiger partial charge in [-0.2, -0.15) is 0 Å². The first-order valence-corrected chi connectivity index (χ1v) is 6.12. The van der Waals surface area contributed by atoms with Crippen LogP contribution in [0.5, 0.6) is 0 Å². The van der Waals surface area contributed by atoms with Gasteiger partial charge in [-0.15, -0.1) is 0 Å². The number of nitrogens with one attached hydrogen (secondary N) is 1. The molecule has 16 heavy (non-hydrogen) atoms. The number of amides is 2.